The topological polar surface area (TPSA) is 115 Å². The Kier molecular flexibility index (Phi) is 6.67. The van der Waals surface area contributed by atoms with Gasteiger partial charge < -0.3 is 5.11 Å². The van der Waals surface area contributed by atoms with Crippen LogP contribution in [0.4, 0.5) is 0 Å². The number of aryl methyl sites for hydroxylation is 2. The smallest absolute Gasteiger partial charge is 0.238 e. The molecule has 1 aliphatic carbocycles. The molecule has 0 atom stereocenters. The third kappa shape index (κ3) is 5.50. The van der Waals surface area contributed by atoms with E-state index in [9.17, 15) is 23.1 Å². The summed E-state index contributed by atoms with van der Waals surface area (Å²) in [5.74, 6) is -0.380. The number of carbonyl (C=O) groups excluding carboxylic acids is 2. The molecule has 0 saturated heterocycles. The van der Waals surface area contributed by atoms with Gasteiger partial charge >= 0.3 is 0 Å². The number of nitrogens with two attached hydrogens (primary N) is 1. The van der Waals surface area contributed by atoms with E-state index in [1.54, 1.807) is 39.8 Å². The summed E-state index contributed by atoms with van der Waals surface area (Å²) in [5.41, 5.74) is 2.06. The van der Waals surface area contributed by atoms with Gasteiger partial charge in [-0.25, -0.2) is 13.6 Å². The van der Waals surface area contributed by atoms with Gasteiger partial charge in [-0.2, -0.15) is 0 Å². The van der Waals surface area contributed by atoms with Crippen LogP contribution >= 0.6 is 0 Å². The van der Waals surface area contributed by atoms with Crippen molar-refractivity contribution >= 4 is 21.6 Å². The van der Waals surface area contributed by atoms with Gasteiger partial charge in [-0.15, -0.1) is 0 Å². The maximum absolute atomic E-state index is 12.9. The van der Waals surface area contributed by atoms with E-state index in [-0.39, 0.29) is 35.7 Å². The number of primary sulfonamides is 1. The number of hydrogen-bond donors (Lipinski definition) is 2. The second-order valence-electron chi connectivity index (χ2n) is 8.33. The minimum atomic E-state index is -3.90. The molecular formula is C22H29NO5S. The average molecular weight is 420 g/mol. The Hall–Kier alpha value is -2.09. The van der Waals surface area contributed by atoms with E-state index < -0.39 is 15.6 Å². The molecule has 0 saturated carbocycles. The molecule has 0 unspecified atom stereocenters. The minimum Gasteiger partial charge on any atom is -0.390 e. The fourth-order valence-corrected chi connectivity index (χ4v) is 4.25. The minimum absolute atomic E-state index is 0.0276. The maximum atomic E-state index is 12.9. The first kappa shape index (κ1) is 23.2. The lowest BCUT2D eigenvalue weighted by molar-refractivity contribution is -0.116. The van der Waals surface area contributed by atoms with E-state index in [1.165, 1.54) is 6.07 Å². The summed E-state index contributed by atoms with van der Waals surface area (Å²) in [4.78, 5) is 25.8. The molecule has 0 heterocycles. The molecule has 2 rings (SSSR count). The Morgan fingerprint density at radius 3 is 1.93 bits per heavy atom. The first-order chi connectivity index (χ1) is 13.2. The lowest BCUT2D eigenvalue weighted by Crippen LogP contribution is -2.25. The van der Waals surface area contributed by atoms with Gasteiger partial charge in [0.25, 0.3) is 0 Å². The second kappa shape index (κ2) is 8.34. The van der Waals surface area contributed by atoms with Crippen molar-refractivity contribution in [2.75, 3.05) is 0 Å². The van der Waals surface area contributed by atoms with Gasteiger partial charge in [-0.3, -0.25) is 9.59 Å². The molecule has 0 aliphatic heterocycles. The SMILES string of the molecule is CC1=C(C)C(=O)C(CCC(C)(C)O)=C(CCc2cc(C)ccc2S(N)(=O)=O)C1=O. The van der Waals surface area contributed by atoms with Gasteiger partial charge in [-0.05, 0) is 71.9 Å². The highest BCUT2D eigenvalue weighted by molar-refractivity contribution is 7.89. The number of carbonyl (C=O) groups is 2. The Morgan fingerprint density at radius 1 is 0.931 bits per heavy atom. The predicted molar refractivity (Wildman–Crippen MR) is 112 cm³/mol. The molecule has 158 valence electrons. The predicted octanol–water partition coefficient (Wildman–Crippen LogP) is 2.91. The Bertz CT molecular complexity index is 1020. The summed E-state index contributed by atoms with van der Waals surface area (Å²) in [6, 6.07) is 4.87. The van der Waals surface area contributed by atoms with E-state index in [0.29, 0.717) is 34.3 Å². The molecule has 0 fully saturated rings. The van der Waals surface area contributed by atoms with Gasteiger partial charge in [-0.1, -0.05) is 17.7 Å². The lowest BCUT2D eigenvalue weighted by atomic mass is 9.80. The summed E-state index contributed by atoms with van der Waals surface area (Å²) in [6.45, 7) is 8.42. The number of ketones is 2. The second-order valence-corrected chi connectivity index (χ2v) is 9.86. The standard InChI is InChI=1S/C22H29NO5S/c1-13-6-9-19(29(23,27)28)16(12-13)7-8-17-18(10-11-22(4,5)26)21(25)15(3)14(2)20(17)24/h6,9,12,26H,7-8,10-11H2,1-5H3,(H2,23,27,28). The fourth-order valence-electron chi connectivity index (χ4n) is 3.47. The van der Waals surface area contributed by atoms with Crippen LogP contribution in [0, 0.1) is 6.92 Å². The van der Waals surface area contributed by atoms with Crippen LogP contribution in [0.2, 0.25) is 0 Å². The zero-order chi connectivity index (χ0) is 22.1. The van der Waals surface area contributed by atoms with Gasteiger partial charge in [0.05, 0.1) is 10.5 Å². The van der Waals surface area contributed by atoms with Crippen molar-refractivity contribution in [2.24, 2.45) is 5.14 Å². The van der Waals surface area contributed by atoms with Crippen molar-refractivity contribution in [1.82, 2.24) is 0 Å². The van der Waals surface area contributed by atoms with Crippen molar-refractivity contribution in [3.05, 3.63) is 51.6 Å². The number of Topliss-reactive ketones (excluding diaryl/α,β-unsaturated/α-hetero) is 2. The van der Waals surface area contributed by atoms with Crippen LogP contribution in [0.5, 0.6) is 0 Å². The zero-order valence-electron chi connectivity index (χ0n) is 17.6. The first-order valence-corrected chi connectivity index (χ1v) is 11.1. The Morgan fingerprint density at radius 2 is 1.45 bits per heavy atom. The number of benzene rings is 1. The number of allylic oxidation sites excluding steroid dienone is 4. The maximum Gasteiger partial charge on any atom is 0.238 e. The molecule has 3 N–H and O–H groups in total. The van der Waals surface area contributed by atoms with E-state index in [2.05, 4.69) is 0 Å². The molecule has 1 aliphatic rings. The fraction of sp³-hybridized carbons (Fsp3) is 0.455. The Balaban J connectivity index is 2.44. The molecule has 0 bridgehead atoms. The largest absolute Gasteiger partial charge is 0.390 e. The highest BCUT2D eigenvalue weighted by Crippen LogP contribution is 2.32. The van der Waals surface area contributed by atoms with Crippen LogP contribution in [0.3, 0.4) is 0 Å². The summed E-state index contributed by atoms with van der Waals surface area (Å²) in [5, 5.41) is 15.4. The Labute approximate surface area is 172 Å². The third-order valence-electron chi connectivity index (χ3n) is 5.31. The van der Waals surface area contributed by atoms with Crippen LogP contribution in [-0.4, -0.2) is 30.7 Å². The molecular weight excluding hydrogens is 390 g/mol. The quantitative estimate of drug-likeness (QED) is 0.660. The number of rotatable bonds is 7. The van der Waals surface area contributed by atoms with Crippen molar-refractivity contribution in [3.63, 3.8) is 0 Å². The van der Waals surface area contributed by atoms with Crippen molar-refractivity contribution in [1.29, 1.82) is 0 Å². The molecule has 1 aromatic rings. The van der Waals surface area contributed by atoms with Crippen LogP contribution < -0.4 is 5.14 Å². The summed E-state index contributed by atoms with van der Waals surface area (Å²) < 4.78 is 23.8. The van der Waals surface area contributed by atoms with Crippen LogP contribution in [0.25, 0.3) is 0 Å². The highest BCUT2D eigenvalue weighted by Gasteiger charge is 2.31. The highest BCUT2D eigenvalue weighted by atomic mass is 32.2. The number of sulfonamides is 1. The molecule has 29 heavy (non-hydrogen) atoms. The molecule has 0 aromatic heterocycles. The molecule has 0 spiro atoms. The molecule has 1 aromatic carbocycles. The summed E-state index contributed by atoms with van der Waals surface area (Å²) in [6.07, 6.45) is 1.11. The van der Waals surface area contributed by atoms with Crippen LogP contribution in [0.1, 0.15) is 58.1 Å². The molecule has 6 nitrogen and oxygen atoms in total. The molecule has 0 radical (unpaired) electrons. The molecule has 0 amide bonds. The van der Waals surface area contributed by atoms with E-state index in [0.717, 1.165) is 5.56 Å². The van der Waals surface area contributed by atoms with E-state index in [4.69, 9.17) is 5.14 Å². The van der Waals surface area contributed by atoms with E-state index in [1.807, 2.05) is 6.92 Å². The van der Waals surface area contributed by atoms with Crippen molar-refractivity contribution < 1.29 is 23.1 Å². The lowest BCUT2D eigenvalue weighted by Gasteiger charge is -2.24. The van der Waals surface area contributed by atoms with Gasteiger partial charge in [0.2, 0.25) is 10.0 Å². The van der Waals surface area contributed by atoms with Crippen LogP contribution in [0.15, 0.2) is 45.4 Å². The van der Waals surface area contributed by atoms with Crippen molar-refractivity contribution in [3.8, 4) is 0 Å². The third-order valence-corrected chi connectivity index (χ3v) is 6.32. The van der Waals surface area contributed by atoms with Crippen molar-refractivity contribution in [2.45, 2.75) is 70.8 Å². The average Bonchev–Trinajstić information content (AvgIpc) is 2.59. The summed E-state index contributed by atoms with van der Waals surface area (Å²) >= 11 is 0. The number of aliphatic hydroxyl groups is 1. The van der Waals surface area contributed by atoms with E-state index >= 15 is 0 Å². The zero-order valence-corrected chi connectivity index (χ0v) is 18.4. The van der Waals surface area contributed by atoms with Crippen LogP contribution in [-0.2, 0) is 26.0 Å². The van der Waals surface area contributed by atoms with Gasteiger partial charge in [0, 0.05) is 22.3 Å². The number of hydrogen-bond acceptors (Lipinski definition) is 5. The van der Waals surface area contributed by atoms with Gasteiger partial charge in [0.1, 0.15) is 0 Å². The normalized spacial score (nSPS) is 16.1. The van der Waals surface area contributed by atoms with Gasteiger partial charge in [0.15, 0.2) is 11.6 Å². The molecule has 7 heteroatoms. The first-order valence-electron chi connectivity index (χ1n) is 9.56. The monoisotopic (exact) mass is 419 g/mol. The summed E-state index contributed by atoms with van der Waals surface area (Å²) in [7, 11) is -3.90.